The zero-order valence-electron chi connectivity index (χ0n) is 12.0. The number of hydrogen-bond donors (Lipinski definition) is 2. The standard InChI is InChI=1S/C14H21NO5S/c1-11(10-16)3-2-6-15-21(17,18)12-4-5-13-14(9-12)20-8-7-19-13/h4-5,9,11,15-16H,2-3,6-8,10H2,1H3/t11-/m0/s1. The zero-order chi connectivity index (χ0) is 15.3. The highest BCUT2D eigenvalue weighted by Gasteiger charge is 2.18. The molecule has 1 heterocycles. The molecular formula is C14H21NO5S. The maximum atomic E-state index is 12.2. The molecule has 0 aromatic heterocycles. The molecule has 21 heavy (non-hydrogen) atoms. The lowest BCUT2D eigenvalue weighted by Crippen LogP contribution is -2.25. The van der Waals surface area contributed by atoms with Gasteiger partial charge in [-0.05, 0) is 30.9 Å². The molecule has 0 amide bonds. The van der Waals surface area contributed by atoms with Gasteiger partial charge in [-0.3, -0.25) is 0 Å². The van der Waals surface area contributed by atoms with Crippen molar-refractivity contribution in [3.05, 3.63) is 18.2 Å². The molecule has 1 aliphatic heterocycles. The van der Waals surface area contributed by atoms with E-state index < -0.39 is 10.0 Å². The van der Waals surface area contributed by atoms with E-state index >= 15 is 0 Å². The largest absolute Gasteiger partial charge is 0.486 e. The SMILES string of the molecule is C[C@H](CO)CCCNS(=O)(=O)c1ccc2c(c1)OCCO2. The van der Waals surface area contributed by atoms with Gasteiger partial charge in [-0.2, -0.15) is 0 Å². The van der Waals surface area contributed by atoms with Crippen molar-refractivity contribution in [2.24, 2.45) is 5.92 Å². The first kappa shape index (κ1) is 16.1. The Labute approximate surface area is 125 Å². The van der Waals surface area contributed by atoms with Gasteiger partial charge in [0.25, 0.3) is 0 Å². The number of rotatable bonds is 7. The first-order chi connectivity index (χ1) is 10.0. The van der Waals surface area contributed by atoms with Crippen molar-refractivity contribution in [3.8, 4) is 11.5 Å². The predicted octanol–water partition coefficient (Wildman–Crippen LogP) is 1.14. The highest BCUT2D eigenvalue weighted by Crippen LogP contribution is 2.32. The number of aliphatic hydroxyl groups excluding tert-OH is 1. The third-order valence-electron chi connectivity index (χ3n) is 3.30. The van der Waals surface area contributed by atoms with E-state index in [9.17, 15) is 8.42 Å². The molecule has 7 heteroatoms. The van der Waals surface area contributed by atoms with E-state index in [0.29, 0.717) is 37.7 Å². The fraction of sp³-hybridized carbons (Fsp3) is 0.571. The number of benzene rings is 1. The van der Waals surface area contributed by atoms with Gasteiger partial charge in [-0.1, -0.05) is 6.92 Å². The lowest BCUT2D eigenvalue weighted by Gasteiger charge is -2.19. The van der Waals surface area contributed by atoms with E-state index in [1.54, 1.807) is 6.07 Å². The van der Waals surface area contributed by atoms with Crippen LogP contribution in [0.15, 0.2) is 23.1 Å². The molecule has 0 aliphatic carbocycles. The van der Waals surface area contributed by atoms with Crippen molar-refractivity contribution in [1.29, 1.82) is 0 Å². The molecule has 0 radical (unpaired) electrons. The molecule has 0 unspecified atom stereocenters. The van der Waals surface area contributed by atoms with Crippen molar-refractivity contribution in [3.63, 3.8) is 0 Å². The van der Waals surface area contributed by atoms with Crippen LogP contribution in [0.25, 0.3) is 0 Å². The molecule has 0 fully saturated rings. The normalized spacial score (nSPS) is 15.7. The Morgan fingerprint density at radius 3 is 2.71 bits per heavy atom. The van der Waals surface area contributed by atoms with Crippen molar-refractivity contribution < 1.29 is 23.0 Å². The molecule has 2 rings (SSSR count). The van der Waals surface area contributed by atoms with Gasteiger partial charge < -0.3 is 14.6 Å². The van der Waals surface area contributed by atoms with E-state index in [2.05, 4.69) is 4.72 Å². The average molecular weight is 315 g/mol. The average Bonchev–Trinajstić information content (AvgIpc) is 2.50. The number of aliphatic hydroxyl groups is 1. The third kappa shape index (κ3) is 4.33. The molecule has 0 spiro atoms. The molecule has 2 N–H and O–H groups in total. The van der Waals surface area contributed by atoms with Crippen molar-refractivity contribution in [1.82, 2.24) is 4.72 Å². The molecule has 1 aromatic carbocycles. The summed E-state index contributed by atoms with van der Waals surface area (Å²) in [6, 6.07) is 4.59. The van der Waals surface area contributed by atoms with E-state index in [1.807, 2.05) is 6.92 Å². The van der Waals surface area contributed by atoms with Gasteiger partial charge in [0.05, 0.1) is 4.90 Å². The third-order valence-corrected chi connectivity index (χ3v) is 4.76. The number of hydrogen-bond acceptors (Lipinski definition) is 5. The van der Waals surface area contributed by atoms with Crippen LogP contribution in [0.3, 0.4) is 0 Å². The zero-order valence-corrected chi connectivity index (χ0v) is 12.9. The van der Waals surface area contributed by atoms with Crippen LogP contribution >= 0.6 is 0 Å². The van der Waals surface area contributed by atoms with E-state index in [4.69, 9.17) is 14.6 Å². The molecule has 118 valence electrons. The lowest BCUT2D eigenvalue weighted by atomic mass is 10.1. The molecule has 6 nitrogen and oxygen atoms in total. The minimum atomic E-state index is -3.55. The minimum absolute atomic E-state index is 0.120. The fourth-order valence-electron chi connectivity index (χ4n) is 2.02. The van der Waals surface area contributed by atoms with E-state index in [1.165, 1.54) is 12.1 Å². The fourth-order valence-corrected chi connectivity index (χ4v) is 3.11. The molecule has 0 saturated carbocycles. The van der Waals surface area contributed by atoms with Crippen LogP contribution in [0.2, 0.25) is 0 Å². The number of fused-ring (bicyclic) bond motifs is 1. The van der Waals surface area contributed by atoms with Crippen LogP contribution < -0.4 is 14.2 Å². The molecule has 1 atom stereocenters. The lowest BCUT2D eigenvalue weighted by molar-refractivity contribution is 0.171. The Bertz CT molecular complexity index is 573. The highest BCUT2D eigenvalue weighted by molar-refractivity contribution is 7.89. The van der Waals surface area contributed by atoms with Crippen LogP contribution in [-0.2, 0) is 10.0 Å². The van der Waals surface area contributed by atoms with Crippen LogP contribution in [0, 0.1) is 5.92 Å². The summed E-state index contributed by atoms with van der Waals surface area (Å²) in [5, 5.41) is 8.92. The molecule has 1 aromatic rings. The Kier molecular flexibility index (Phi) is 5.44. The maximum absolute atomic E-state index is 12.2. The second-order valence-corrected chi connectivity index (χ2v) is 6.90. The molecular weight excluding hydrogens is 294 g/mol. The van der Waals surface area contributed by atoms with E-state index in [0.717, 1.165) is 6.42 Å². The van der Waals surface area contributed by atoms with Crippen molar-refractivity contribution in [2.45, 2.75) is 24.7 Å². The topological polar surface area (TPSA) is 84.9 Å². The van der Waals surface area contributed by atoms with Gasteiger partial charge in [0.15, 0.2) is 11.5 Å². The summed E-state index contributed by atoms with van der Waals surface area (Å²) in [6.07, 6.45) is 1.46. The van der Waals surface area contributed by atoms with Gasteiger partial charge in [0.1, 0.15) is 13.2 Å². The summed E-state index contributed by atoms with van der Waals surface area (Å²) in [5.74, 6) is 1.21. The van der Waals surface area contributed by atoms with Crippen molar-refractivity contribution >= 4 is 10.0 Å². The summed E-state index contributed by atoms with van der Waals surface area (Å²) >= 11 is 0. The van der Waals surface area contributed by atoms with Gasteiger partial charge in [0, 0.05) is 19.2 Å². The Morgan fingerprint density at radius 1 is 1.29 bits per heavy atom. The summed E-state index contributed by atoms with van der Waals surface area (Å²) < 4.78 is 37.7. The molecule has 1 aliphatic rings. The minimum Gasteiger partial charge on any atom is -0.486 e. The van der Waals surface area contributed by atoms with Crippen LogP contribution in [-0.4, -0.2) is 39.9 Å². The first-order valence-electron chi connectivity index (χ1n) is 7.03. The Morgan fingerprint density at radius 2 is 2.00 bits per heavy atom. The quantitative estimate of drug-likeness (QED) is 0.737. The summed E-state index contributed by atoms with van der Waals surface area (Å²) in [7, 11) is -3.55. The molecule has 0 bridgehead atoms. The highest BCUT2D eigenvalue weighted by atomic mass is 32.2. The molecule has 0 saturated heterocycles. The van der Waals surface area contributed by atoms with Gasteiger partial charge in [0.2, 0.25) is 10.0 Å². The van der Waals surface area contributed by atoms with Crippen molar-refractivity contribution in [2.75, 3.05) is 26.4 Å². The van der Waals surface area contributed by atoms with Crippen LogP contribution in [0.1, 0.15) is 19.8 Å². The van der Waals surface area contributed by atoms with E-state index in [-0.39, 0.29) is 17.4 Å². The monoisotopic (exact) mass is 315 g/mol. The number of sulfonamides is 1. The summed E-state index contributed by atoms with van der Waals surface area (Å²) in [6.45, 7) is 3.29. The van der Waals surface area contributed by atoms with Gasteiger partial charge in [-0.25, -0.2) is 13.1 Å². The number of ether oxygens (including phenoxy) is 2. The Hall–Kier alpha value is -1.31. The van der Waals surface area contributed by atoms with Gasteiger partial charge in [-0.15, -0.1) is 0 Å². The number of nitrogens with one attached hydrogen (secondary N) is 1. The Balaban J connectivity index is 1.96. The predicted molar refractivity (Wildman–Crippen MR) is 78.1 cm³/mol. The first-order valence-corrected chi connectivity index (χ1v) is 8.51. The second-order valence-electron chi connectivity index (χ2n) is 5.13. The second kappa shape index (κ2) is 7.11. The van der Waals surface area contributed by atoms with Gasteiger partial charge >= 0.3 is 0 Å². The maximum Gasteiger partial charge on any atom is 0.240 e. The van der Waals surface area contributed by atoms with Crippen LogP contribution in [0.4, 0.5) is 0 Å². The summed E-state index contributed by atoms with van der Waals surface area (Å²) in [4.78, 5) is 0.168. The summed E-state index contributed by atoms with van der Waals surface area (Å²) in [5.41, 5.74) is 0. The van der Waals surface area contributed by atoms with Crippen LogP contribution in [0.5, 0.6) is 11.5 Å². The smallest absolute Gasteiger partial charge is 0.240 e.